The summed E-state index contributed by atoms with van der Waals surface area (Å²) in [6, 6.07) is 9.82. The first-order valence-electron chi connectivity index (χ1n) is 3.49. The summed E-state index contributed by atoms with van der Waals surface area (Å²) in [4.78, 5) is 0. The van der Waals surface area contributed by atoms with Gasteiger partial charge in [-0.05, 0) is 0 Å². The van der Waals surface area contributed by atoms with Crippen LogP contribution in [0.4, 0.5) is 0 Å². The van der Waals surface area contributed by atoms with Crippen LogP contribution in [-0.2, 0) is 31.2 Å². The third-order valence-corrected chi connectivity index (χ3v) is 1.50. The number of hydrogen-bond acceptors (Lipinski definition) is 2. The van der Waals surface area contributed by atoms with Crippen molar-refractivity contribution in [1.29, 1.82) is 0 Å². The summed E-state index contributed by atoms with van der Waals surface area (Å²) in [6.07, 6.45) is -0.240. The molecule has 0 aliphatic heterocycles. The fraction of sp³-hybridized carbons (Fsp3) is 0.333. The molecule has 0 aliphatic carbocycles. The first-order chi connectivity index (χ1) is 5.38. The van der Waals surface area contributed by atoms with Crippen molar-refractivity contribution in [3.63, 3.8) is 0 Å². The molecule has 0 N–H and O–H groups in total. The van der Waals surface area contributed by atoms with Gasteiger partial charge in [0.2, 0.25) is 0 Å². The average Bonchev–Trinajstić information content (AvgIpc) is 2.09. The van der Waals surface area contributed by atoms with Crippen molar-refractivity contribution in [3.05, 3.63) is 35.9 Å². The van der Waals surface area contributed by atoms with Crippen molar-refractivity contribution in [2.24, 2.45) is 0 Å². The fourth-order valence-electron chi connectivity index (χ4n) is 0.979. The van der Waals surface area contributed by atoms with E-state index in [1.807, 2.05) is 30.3 Å². The molecule has 1 aromatic carbocycles. The first-order valence-corrected chi connectivity index (χ1v) is 3.49. The molecule has 1 aromatic rings. The Morgan fingerprint density at radius 3 is 1.92 bits per heavy atom. The maximum absolute atomic E-state index is 5.06. The summed E-state index contributed by atoms with van der Waals surface area (Å²) in [5.41, 5.74) is 1.04. The van der Waals surface area contributed by atoms with Crippen LogP contribution >= 0.6 is 0 Å². The van der Waals surface area contributed by atoms with Gasteiger partial charge >= 0.3 is 0 Å². The molecular formula is C9H12O2Ti. The van der Waals surface area contributed by atoms with E-state index in [1.54, 1.807) is 14.2 Å². The minimum atomic E-state index is -0.240. The molecule has 0 atom stereocenters. The van der Waals surface area contributed by atoms with Crippen LogP contribution in [0.15, 0.2) is 30.3 Å². The van der Waals surface area contributed by atoms with E-state index < -0.39 is 0 Å². The van der Waals surface area contributed by atoms with E-state index in [0.29, 0.717) is 0 Å². The standard InChI is InChI=1S/C9H12O2.Ti/c1-10-9(11-2)8-6-4-3-5-7-8;/h3-7,9H,1-2H3;. The van der Waals surface area contributed by atoms with Crippen molar-refractivity contribution in [3.8, 4) is 0 Å². The van der Waals surface area contributed by atoms with Gasteiger partial charge in [0.15, 0.2) is 6.29 Å². The minimum absolute atomic E-state index is 0. The summed E-state index contributed by atoms with van der Waals surface area (Å²) in [7, 11) is 3.25. The van der Waals surface area contributed by atoms with Crippen LogP contribution in [0.5, 0.6) is 0 Å². The molecule has 3 heteroatoms. The van der Waals surface area contributed by atoms with Crippen LogP contribution in [0.2, 0.25) is 0 Å². The van der Waals surface area contributed by atoms with Gasteiger partial charge in [-0.2, -0.15) is 0 Å². The zero-order valence-corrected chi connectivity index (χ0v) is 8.84. The quantitative estimate of drug-likeness (QED) is 0.548. The van der Waals surface area contributed by atoms with Crippen LogP contribution in [-0.4, -0.2) is 14.2 Å². The SMILES string of the molecule is COC(OC)c1ccccc1.[Ti]. The van der Waals surface area contributed by atoms with Gasteiger partial charge in [0.1, 0.15) is 0 Å². The maximum atomic E-state index is 5.06. The van der Waals surface area contributed by atoms with E-state index in [-0.39, 0.29) is 28.0 Å². The zero-order chi connectivity index (χ0) is 8.10. The average molecular weight is 200 g/mol. The van der Waals surface area contributed by atoms with Crippen LogP contribution < -0.4 is 0 Å². The summed E-state index contributed by atoms with van der Waals surface area (Å²) in [5, 5.41) is 0. The first kappa shape index (κ1) is 11.9. The number of rotatable bonds is 3. The van der Waals surface area contributed by atoms with Gasteiger partial charge in [-0.3, -0.25) is 0 Å². The number of methoxy groups -OCH3 is 2. The van der Waals surface area contributed by atoms with Gasteiger partial charge in [-0.15, -0.1) is 0 Å². The second kappa shape index (κ2) is 6.38. The molecule has 0 amide bonds. The topological polar surface area (TPSA) is 18.5 Å². The monoisotopic (exact) mass is 200 g/mol. The van der Waals surface area contributed by atoms with Crippen molar-refractivity contribution in [1.82, 2.24) is 0 Å². The number of benzene rings is 1. The van der Waals surface area contributed by atoms with Gasteiger partial charge in [0.05, 0.1) is 0 Å². The van der Waals surface area contributed by atoms with Crippen LogP contribution in [0.25, 0.3) is 0 Å². The molecule has 64 valence electrons. The zero-order valence-electron chi connectivity index (χ0n) is 7.28. The summed E-state index contributed by atoms with van der Waals surface area (Å²) in [6.45, 7) is 0. The summed E-state index contributed by atoms with van der Waals surface area (Å²) >= 11 is 0. The van der Waals surface area contributed by atoms with Gasteiger partial charge < -0.3 is 9.47 Å². The van der Waals surface area contributed by atoms with Crippen molar-refractivity contribution in [2.45, 2.75) is 6.29 Å². The smallest absolute Gasteiger partial charge is 0.183 e. The molecule has 0 radical (unpaired) electrons. The molecule has 2 nitrogen and oxygen atoms in total. The van der Waals surface area contributed by atoms with E-state index in [0.717, 1.165) is 5.56 Å². The Balaban J connectivity index is 0.00000121. The van der Waals surface area contributed by atoms with Crippen LogP contribution in [0.1, 0.15) is 11.9 Å². The molecule has 1 rings (SSSR count). The van der Waals surface area contributed by atoms with Crippen molar-refractivity contribution in [2.75, 3.05) is 14.2 Å². The van der Waals surface area contributed by atoms with Gasteiger partial charge in [-0.1, -0.05) is 30.3 Å². The Morgan fingerprint density at radius 2 is 1.50 bits per heavy atom. The third-order valence-electron chi connectivity index (χ3n) is 1.50. The van der Waals surface area contributed by atoms with E-state index in [9.17, 15) is 0 Å². The third kappa shape index (κ3) is 3.07. The minimum Gasteiger partial charge on any atom is -0.352 e. The Labute approximate surface area is 87.8 Å². The molecule has 0 aliphatic rings. The molecular weight excluding hydrogens is 188 g/mol. The van der Waals surface area contributed by atoms with Gasteiger partial charge in [-0.25, -0.2) is 0 Å². The number of ether oxygens (including phenoxy) is 2. The Kier molecular flexibility index (Phi) is 6.30. The fourth-order valence-corrected chi connectivity index (χ4v) is 0.979. The van der Waals surface area contributed by atoms with Crippen LogP contribution in [0.3, 0.4) is 0 Å². The van der Waals surface area contributed by atoms with Crippen LogP contribution in [0, 0.1) is 0 Å². The molecule has 12 heavy (non-hydrogen) atoms. The Hall–Kier alpha value is -0.146. The molecule has 0 heterocycles. The van der Waals surface area contributed by atoms with Crippen molar-refractivity contribution >= 4 is 0 Å². The van der Waals surface area contributed by atoms with E-state index >= 15 is 0 Å². The normalized spacial score (nSPS) is 9.58. The largest absolute Gasteiger partial charge is 0.352 e. The molecule has 0 bridgehead atoms. The predicted octanol–water partition coefficient (Wildman–Crippen LogP) is 1.98. The Morgan fingerprint density at radius 1 is 1.00 bits per heavy atom. The molecule has 0 unspecified atom stereocenters. The second-order valence-electron chi connectivity index (χ2n) is 2.21. The van der Waals surface area contributed by atoms with E-state index in [2.05, 4.69) is 0 Å². The van der Waals surface area contributed by atoms with E-state index in [4.69, 9.17) is 9.47 Å². The van der Waals surface area contributed by atoms with Gasteiger partial charge in [0, 0.05) is 41.5 Å². The second-order valence-corrected chi connectivity index (χ2v) is 2.21. The summed E-state index contributed by atoms with van der Waals surface area (Å²) < 4.78 is 10.1. The predicted molar refractivity (Wildman–Crippen MR) is 43.2 cm³/mol. The number of hydrogen-bond donors (Lipinski definition) is 0. The molecule has 0 saturated heterocycles. The molecule has 0 aromatic heterocycles. The molecule has 0 fully saturated rings. The Bertz CT molecular complexity index is 197. The molecule has 0 saturated carbocycles. The molecule has 0 spiro atoms. The van der Waals surface area contributed by atoms with Crippen molar-refractivity contribution < 1.29 is 31.2 Å². The summed E-state index contributed by atoms with van der Waals surface area (Å²) in [5.74, 6) is 0. The maximum Gasteiger partial charge on any atom is 0.183 e. The van der Waals surface area contributed by atoms with Gasteiger partial charge in [0.25, 0.3) is 0 Å². The van der Waals surface area contributed by atoms with E-state index in [1.165, 1.54) is 0 Å².